The molecule has 0 radical (unpaired) electrons. The predicted octanol–water partition coefficient (Wildman–Crippen LogP) is 5.11. The maximum atomic E-state index is 6.24. The quantitative estimate of drug-likeness (QED) is 0.718. The number of nitrogens with two attached hydrogens (primary N) is 2. The zero-order chi connectivity index (χ0) is 16.7. The van der Waals surface area contributed by atoms with E-state index in [0.717, 1.165) is 22.5 Å². The summed E-state index contributed by atoms with van der Waals surface area (Å²) < 4.78 is 0. The van der Waals surface area contributed by atoms with Crippen molar-refractivity contribution in [2.45, 2.75) is 52.4 Å². The minimum absolute atomic E-state index is 0.0822. The molecule has 2 aromatic rings. The topological polar surface area (TPSA) is 52.0 Å². The van der Waals surface area contributed by atoms with Crippen molar-refractivity contribution in [1.29, 1.82) is 0 Å². The van der Waals surface area contributed by atoms with E-state index in [9.17, 15) is 0 Å². The Balaban J connectivity index is 2.66. The molecular formula is C20H28N2. The van der Waals surface area contributed by atoms with Crippen LogP contribution in [0.15, 0.2) is 36.4 Å². The number of hydrogen-bond donors (Lipinski definition) is 2. The van der Waals surface area contributed by atoms with Crippen molar-refractivity contribution in [2.24, 2.45) is 0 Å². The fraction of sp³-hybridized carbons (Fsp3) is 0.400. The van der Waals surface area contributed by atoms with Gasteiger partial charge >= 0.3 is 0 Å². The van der Waals surface area contributed by atoms with Crippen LogP contribution in [0.4, 0.5) is 11.4 Å². The maximum absolute atomic E-state index is 6.24. The first-order valence-electron chi connectivity index (χ1n) is 7.80. The average Bonchev–Trinajstić information content (AvgIpc) is 2.37. The summed E-state index contributed by atoms with van der Waals surface area (Å²) in [6, 6.07) is 12.5. The van der Waals surface area contributed by atoms with Crippen molar-refractivity contribution >= 4 is 11.4 Å². The van der Waals surface area contributed by atoms with Crippen LogP contribution in [-0.2, 0) is 10.8 Å². The van der Waals surface area contributed by atoms with Crippen molar-refractivity contribution in [3.8, 4) is 11.1 Å². The lowest BCUT2D eigenvalue weighted by Crippen LogP contribution is -2.13. The largest absolute Gasteiger partial charge is 0.398 e. The lowest BCUT2D eigenvalue weighted by Gasteiger charge is -2.23. The standard InChI is InChI=1S/C20H28N2/c1-19(2,3)13-7-9-17(21)15(11-13)16-12-14(20(4,5)6)8-10-18(16)22/h7-12H,21-22H2,1-6H3. The Morgan fingerprint density at radius 1 is 0.591 bits per heavy atom. The van der Waals surface area contributed by atoms with Gasteiger partial charge in [-0.15, -0.1) is 0 Å². The summed E-state index contributed by atoms with van der Waals surface area (Å²) in [4.78, 5) is 0. The molecule has 2 aromatic carbocycles. The van der Waals surface area contributed by atoms with E-state index in [-0.39, 0.29) is 10.8 Å². The number of benzene rings is 2. The molecule has 2 nitrogen and oxygen atoms in total. The van der Waals surface area contributed by atoms with Gasteiger partial charge in [0.2, 0.25) is 0 Å². The van der Waals surface area contributed by atoms with Crippen LogP contribution in [0.2, 0.25) is 0 Å². The van der Waals surface area contributed by atoms with Gasteiger partial charge < -0.3 is 11.5 Å². The molecule has 0 bridgehead atoms. The summed E-state index contributed by atoms with van der Waals surface area (Å²) >= 11 is 0. The lowest BCUT2D eigenvalue weighted by atomic mass is 9.82. The van der Waals surface area contributed by atoms with Gasteiger partial charge in [-0.25, -0.2) is 0 Å². The van der Waals surface area contributed by atoms with Crippen molar-refractivity contribution in [3.63, 3.8) is 0 Å². The van der Waals surface area contributed by atoms with Crippen LogP contribution in [0.3, 0.4) is 0 Å². The second-order valence-electron chi connectivity index (χ2n) is 8.10. The SMILES string of the molecule is CC(C)(C)c1ccc(N)c(-c2cc(C(C)(C)C)ccc2N)c1. The molecule has 0 aliphatic heterocycles. The molecule has 0 atom stereocenters. The van der Waals surface area contributed by atoms with E-state index >= 15 is 0 Å². The van der Waals surface area contributed by atoms with Crippen molar-refractivity contribution < 1.29 is 0 Å². The first kappa shape index (κ1) is 16.4. The second kappa shape index (κ2) is 5.35. The number of hydrogen-bond acceptors (Lipinski definition) is 2. The van der Waals surface area contributed by atoms with Gasteiger partial charge in [0.25, 0.3) is 0 Å². The molecule has 22 heavy (non-hydrogen) atoms. The molecule has 4 N–H and O–H groups in total. The van der Waals surface area contributed by atoms with Crippen LogP contribution in [-0.4, -0.2) is 0 Å². The molecular weight excluding hydrogens is 268 g/mol. The van der Waals surface area contributed by atoms with E-state index in [1.807, 2.05) is 12.1 Å². The van der Waals surface area contributed by atoms with Crippen LogP contribution in [0.5, 0.6) is 0 Å². The van der Waals surface area contributed by atoms with Crippen LogP contribution in [0.1, 0.15) is 52.7 Å². The van der Waals surface area contributed by atoms with E-state index in [1.54, 1.807) is 0 Å². The molecule has 0 heterocycles. The van der Waals surface area contributed by atoms with Crippen LogP contribution in [0.25, 0.3) is 11.1 Å². The Labute approximate surface area is 134 Å². The Morgan fingerprint density at radius 3 is 1.18 bits per heavy atom. The third-order valence-corrected chi connectivity index (χ3v) is 4.13. The van der Waals surface area contributed by atoms with Gasteiger partial charge in [-0.2, -0.15) is 0 Å². The Kier molecular flexibility index (Phi) is 3.99. The Morgan fingerprint density at radius 2 is 0.909 bits per heavy atom. The number of nitrogen functional groups attached to an aromatic ring is 2. The Bertz CT molecular complexity index is 624. The molecule has 0 fully saturated rings. The van der Waals surface area contributed by atoms with Gasteiger partial charge in [0.05, 0.1) is 0 Å². The van der Waals surface area contributed by atoms with Crippen LogP contribution in [0, 0.1) is 0 Å². The van der Waals surface area contributed by atoms with Crippen molar-refractivity contribution in [3.05, 3.63) is 47.5 Å². The average molecular weight is 296 g/mol. The molecule has 0 aliphatic rings. The zero-order valence-electron chi connectivity index (χ0n) is 14.6. The Hall–Kier alpha value is -1.96. The summed E-state index contributed by atoms with van der Waals surface area (Å²) in [5.74, 6) is 0. The summed E-state index contributed by atoms with van der Waals surface area (Å²) in [6.45, 7) is 13.2. The molecule has 0 aliphatic carbocycles. The fourth-order valence-electron chi connectivity index (χ4n) is 2.51. The van der Waals surface area contributed by atoms with Crippen LogP contribution < -0.4 is 11.5 Å². The fourth-order valence-corrected chi connectivity index (χ4v) is 2.51. The molecule has 0 aromatic heterocycles. The van der Waals surface area contributed by atoms with E-state index in [4.69, 9.17) is 11.5 Å². The minimum Gasteiger partial charge on any atom is -0.398 e. The summed E-state index contributed by atoms with van der Waals surface area (Å²) in [5.41, 5.74) is 18.7. The van der Waals surface area contributed by atoms with E-state index < -0.39 is 0 Å². The normalized spacial score (nSPS) is 12.5. The van der Waals surface area contributed by atoms with Gasteiger partial charge in [0.1, 0.15) is 0 Å². The highest BCUT2D eigenvalue weighted by molar-refractivity contribution is 5.85. The highest BCUT2D eigenvalue weighted by Gasteiger charge is 2.19. The third-order valence-electron chi connectivity index (χ3n) is 4.13. The first-order chi connectivity index (χ1) is 10.00. The summed E-state index contributed by atoms with van der Waals surface area (Å²) in [7, 11) is 0. The number of rotatable bonds is 1. The smallest absolute Gasteiger partial charge is 0.0394 e. The molecule has 0 unspecified atom stereocenters. The molecule has 118 valence electrons. The van der Waals surface area contributed by atoms with E-state index in [1.165, 1.54) is 11.1 Å². The molecule has 0 spiro atoms. The molecule has 0 saturated heterocycles. The van der Waals surface area contributed by atoms with Gasteiger partial charge in [-0.05, 0) is 46.2 Å². The molecule has 0 amide bonds. The van der Waals surface area contributed by atoms with Gasteiger partial charge in [-0.1, -0.05) is 53.7 Å². The number of anilines is 2. The summed E-state index contributed by atoms with van der Waals surface area (Å²) in [5, 5.41) is 0. The molecule has 0 saturated carbocycles. The molecule has 2 heteroatoms. The minimum atomic E-state index is 0.0822. The van der Waals surface area contributed by atoms with Crippen molar-refractivity contribution in [2.75, 3.05) is 11.5 Å². The van der Waals surface area contributed by atoms with Gasteiger partial charge in [0.15, 0.2) is 0 Å². The first-order valence-corrected chi connectivity index (χ1v) is 7.80. The van der Waals surface area contributed by atoms with E-state index in [0.29, 0.717) is 0 Å². The summed E-state index contributed by atoms with van der Waals surface area (Å²) in [6.07, 6.45) is 0. The highest BCUT2D eigenvalue weighted by Crippen LogP contribution is 2.37. The third kappa shape index (κ3) is 3.27. The van der Waals surface area contributed by atoms with Gasteiger partial charge in [0, 0.05) is 22.5 Å². The van der Waals surface area contributed by atoms with Crippen LogP contribution >= 0.6 is 0 Å². The highest BCUT2D eigenvalue weighted by atomic mass is 14.6. The molecule has 2 rings (SSSR count). The van der Waals surface area contributed by atoms with E-state index in [2.05, 4.69) is 65.8 Å². The zero-order valence-corrected chi connectivity index (χ0v) is 14.6. The lowest BCUT2D eigenvalue weighted by molar-refractivity contribution is 0.589. The predicted molar refractivity (Wildman–Crippen MR) is 98.1 cm³/mol. The maximum Gasteiger partial charge on any atom is 0.0394 e. The van der Waals surface area contributed by atoms with Crippen molar-refractivity contribution in [1.82, 2.24) is 0 Å². The van der Waals surface area contributed by atoms with Gasteiger partial charge in [-0.3, -0.25) is 0 Å². The monoisotopic (exact) mass is 296 g/mol. The second-order valence-corrected chi connectivity index (χ2v) is 8.10.